The third-order valence-electron chi connectivity index (χ3n) is 4.45. The summed E-state index contributed by atoms with van der Waals surface area (Å²) in [6, 6.07) is 14.3. The molecule has 31 heavy (non-hydrogen) atoms. The van der Waals surface area contributed by atoms with Crippen LogP contribution in [0.1, 0.15) is 10.4 Å². The van der Waals surface area contributed by atoms with Crippen molar-refractivity contribution in [2.24, 2.45) is 0 Å². The molecule has 3 aromatic carbocycles. The fraction of sp³-hybridized carbons (Fsp3) is 0.0476. The summed E-state index contributed by atoms with van der Waals surface area (Å²) in [4.78, 5) is 27.4. The van der Waals surface area contributed by atoms with Gasteiger partial charge in [0.25, 0.3) is 11.6 Å². The van der Waals surface area contributed by atoms with Crippen LogP contribution in [0.2, 0.25) is 5.02 Å². The molecule has 0 atom stereocenters. The van der Waals surface area contributed by atoms with Crippen LogP contribution in [0.4, 0.5) is 11.4 Å². The van der Waals surface area contributed by atoms with Gasteiger partial charge in [-0.05, 0) is 64.5 Å². The fourth-order valence-corrected chi connectivity index (χ4v) is 3.65. The number of methoxy groups -OCH3 is 1. The molecule has 10 heteroatoms. The van der Waals surface area contributed by atoms with Crippen LogP contribution in [0, 0.1) is 10.1 Å². The smallest absolute Gasteiger partial charge is 0.288 e. The fourth-order valence-electron chi connectivity index (χ4n) is 2.93. The molecule has 0 fully saturated rings. The van der Waals surface area contributed by atoms with Crippen molar-refractivity contribution < 1.29 is 18.9 Å². The summed E-state index contributed by atoms with van der Waals surface area (Å²) < 4.78 is 11.8. The maximum Gasteiger partial charge on any atom is 0.288 e. The van der Waals surface area contributed by atoms with Crippen LogP contribution in [0.25, 0.3) is 22.6 Å². The van der Waals surface area contributed by atoms with Crippen LogP contribution in [0.5, 0.6) is 5.75 Å². The molecule has 0 aliphatic heterocycles. The Hall–Kier alpha value is -3.43. The number of nitro benzene ring substituents is 1. The van der Waals surface area contributed by atoms with Gasteiger partial charge in [0, 0.05) is 22.9 Å². The number of fused-ring (bicyclic) bond motifs is 1. The number of nitrogens with one attached hydrogen (secondary N) is 1. The summed E-state index contributed by atoms with van der Waals surface area (Å²) >= 11 is 9.23. The number of aromatic nitrogens is 1. The van der Waals surface area contributed by atoms with E-state index >= 15 is 0 Å². The number of hydrogen-bond acceptors (Lipinski definition) is 6. The van der Waals surface area contributed by atoms with Gasteiger partial charge in [0.05, 0.1) is 16.5 Å². The van der Waals surface area contributed by atoms with Gasteiger partial charge in [0.15, 0.2) is 5.58 Å². The zero-order valence-electron chi connectivity index (χ0n) is 15.9. The second-order valence-electron chi connectivity index (χ2n) is 6.43. The van der Waals surface area contributed by atoms with Crippen molar-refractivity contribution in [1.29, 1.82) is 0 Å². The molecule has 1 amide bonds. The summed E-state index contributed by atoms with van der Waals surface area (Å²) in [5, 5.41) is 13.7. The quantitative estimate of drug-likeness (QED) is 0.262. The van der Waals surface area contributed by atoms with E-state index in [1.165, 1.54) is 12.1 Å². The Morgan fingerprint density at radius 3 is 2.71 bits per heavy atom. The zero-order chi connectivity index (χ0) is 22.1. The highest BCUT2D eigenvalue weighted by atomic mass is 79.9. The van der Waals surface area contributed by atoms with Crippen LogP contribution < -0.4 is 10.1 Å². The predicted octanol–water partition coefficient (Wildman–Crippen LogP) is 6.08. The van der Waals surface area contributed by atoms with Crippen molar-refractivity contribution in [2.45, 2.75) is 0 Å². The molecule has 0 aliphatic rings. The molecular weight excluding hydrogens is 490 g/mol. The van der Waals surface area contributed by atoms with Gasteiger partial charge in [-0.3, -0.25) is 14.9 Å². The minimum atomic E-state index is -0.639. The Bertz CT molecular complexity index is 1340. The molecule has 0 spiro atoms. The van der Waals surface area contributed by atoms with Crippen LogP contribution >= 0.6 is 27.5 Å². The number of nitro groups is 1. The molecule has 0 radical (unpaired) electrons. The van der Waals surface area contributed by atoms with Crippen molar-refractivity contribution in [3.05, 3.63) is 79.8 Å². The Kier molecular flexibility index (Phi) is 5.62. The SMILES string of the molecule is COc1ccc(-c2nc3cc(NC(=O)c4ccc(Cl)c([N+](=O)[O-])c4)ccc3o2)cc1Br. The number of carbonyl (C=O) groups is 1. The van der Waals surface area contributed by atoms with Gasteiger partial charge < -0.3 is 14.5 Å². The molecule has 8 nitrogen and oxygen atoms in total. The number of benzene rings is 3. The molecule has 4 rings (SSSR count). The maximum absolute atomic E-state index is 12.5. The van der Waals surface area contributed by atoms with Crippen LogP contribution in [0.3, 0.4) is 0 Å². The van der Waals surface area contributed by atoms with Crippen LogP contribution in [-0.4, -0.2) is 22.9 Å². The van der Waals surface area contributed by atoms with E-state index in [2.05, 4.69) is 26.2 Å². The summed E-state index contributed by atoms with van der Waals surface area (Å²) in [6.07, 6.45) is 0. The summed E-state index contributed by atoms with van der Waals surface area (Å²) in [5.74, 6) is 0.587. The zero-order valence-corrected chi connectivity index (χ0v) is 18.2. The first-order valence-electron chi connectivity index (χ1n) is 8.85. The number of oxazole rings is 1. The topological polar surface area (TPSA) is 108 Å². The van der Waals surface area contributed by atoms with Crippen molar-refractivity contribution in [3.63, 3.8) is 0 Å². The van der Waals surface area contributed by atoms with E-state index in [-0.39, 0.29) is 16.3 Å². The van der Waals surface area contributed by atoms with Crippen molar-refractivity contribution in [2.75, 3.05) is 12.4 Å². The van der Waals surface area contributed by atoms with Crippen molar-refractivity contribution in [3.8, 4) is 17.2 Å². The molecule has 1 N–H and O–H groups in total. The lowest BCUT2D eigenvalue weighted by atomic mass is 10.2. The average Bonchev–Trinajstić information content (AvgIpc) is 3.17. The molecule has 0 bridgehead atoms. The van der Waals surface area contributed by atoms with E-state index in [0.29, 0.717) is 28.4 Å². The third kappa shape index (κ3) is 4.23. The number of anilines is 1. The predicted molar refractivity (Wildman–Crippen MR) is 120 cm³/mol. The highest BCUT2D eigenvalue weighted by Crippen LogP contribution is 2.32. The van der Waals surface area contributed by atoms with E-state index in [9.17, 15) is 14.9 Å². The van der Waals surface area contributed by atoms with Gasteiger partial charge in [-0.25, -0.2) is 4.98 Å². The van der Waals surface area contributed by atoms with Gasteiger partial charge in [0.2, 0.25) is 5.89 Å². The first kappa shape index (κ1) is 20.8. The maximum atomic E-state index is 12.5. The molecule has 0 saturated heterocycles. The number of ether oxygens (including phenoxy) is 1. The molecule has 156 valence electrons. The normalized spacial score (nSPS) is 10.8. The van der Waals surface area contributed by atoms with Gasteiger partial charge in [-0.2, -0.15) is 0 Å². The van der Waals surface area contributed by atoms with Gasteiger partial charge in [-0.1, -0.05) is 11.6 Å². The Labute approximate surface area is 189 Å². The van der Waals surface area contributed by atoms with E-state index in [1.54, 1.807) is 31.4 Å². The third-order valence-corrected chi connectivity index (χ3v) is 5.39. The van der Waals surface area contributed by atoms with Crippen molar-refractivity contribution >= 4 is 55.9 Å². The van der Waals surface area contributed by atoms with E-state index in [0.717, 1.165) is 16.1 Å². The lowest BCUT2D eigenvalue weighted by Crippen LogP contribution is -2.12. The molecule has 1 heterocycles. The van der Waals surface area contributed by atoms with Gasteiger partial charge in [0.1, 0.15) is 16.3 Å². The minimum absolute atomic E-state index is 0.0386. The molecule has 4 aromatic rings. The largest absolute Gasteiger partial charge is 0.496 e. The lowest BCUT2D eigenvalue weighted by Gasteiger charge is -2.05. The summed E-state index contributed by atoms with van der Waals surface area (Å²) in [5.41, 5.74) is 2.08. The minimum Gasteiger partial charge on any atom is -0.496 e. The van der Waals surface area contributed by atoms with Crippen LogP contribution in [0.15, 0.2) is 63.5 Å². The van der Waals surface area contributed by atoms with E-state index < -0.39 is 10.8 Å². The Morgan fingerprint density at radius 1 is 1.19 bits per heavy atom. The molecule has 0 saturated carbocycles. The Balaban J connectivity index is 1.60. The van der Waals surface area contributed by atoms with Gasteiger partial charge >= 0.3 is 0 Å². The monoisotopic (exact) mass is 501 g/mol. The molecule has 1 aromatic heterocycles. The van der Waals surface area contributed by atoms with E-state index in [4.69, 9.17) is 20.8 Å². The highest BCUT2D eigenvalue weighted by Gasteiger charge is 2.17. The van der Waals surface area contributed by atoms with Crippen LogP contribution in [-0.2, 0) is 0 Å². The number of rotatable bonds is 5. The standard InChI is InChI=1S/C21H13BrClN3O5/c1-30-18-6-3-12(8-14(18)22)21-25-16-10-13(4-7-19(16)31-21)24-20(27)11-2-5-15(23)17(9-11)26(28)29/h2-10H,1H3,(H,24,27). The molecule has 0 aliphatic carbocycles. The van der Waals surface area contributed by atoms with E-state index in [1.807, 2.05) is 12.1 Å². The Morgan fingerprint density at radius 2 is 2.00 bits per heavy atom. The first-order chi connectivity index (χ1) is 14.9. The summed E-state index contributed by atoms with van der Waals surface area (Å²) in [7, 11) is 1.58. The number of nitrogens with zero attached hydrogens (tertiary/aromatic N) is 2. The second kappa shape index (κ2) is 8.37. The van der Waals surface area contributed by atoms with Gasteiger partial charge in [-0.15, -0.1) is 0 Å². The lowest BCUT2D eigenvalue weighted by molar-refractivity contribution is -0.384. The molecule has 0 unspecified atom stereocenters. The number of amides is 1. The number of halogens is 2. The number of carbonyl (C=O) groups excluding carboxylic acids is 1. The van der Waals surface area contributed by atoms with Crippen molar-refractivity contribution in [1.82, 2.24) is 4.98 Å². The average molecular weight is 503 g/mol. The number of hydrogen-bond donors (Lipinski definition) is 1. The summed E-state index contributed by atoms with van der Waals surface area (Å²) in [6.45, 7) is 0. The second-order valence-corrected chi connectivity index (χ2v) is 7.69. The molecular formula is C21H13BrClN3O5. The highest BCUT2D eigenvalue weighted by molar-refractivity contribution is 9.10. The first-order valence-corrected chi connectivity index (χ1v) is 10.0.